The molecule has 1 aliphatic heterocycles. The molecule has 0 saturated heterocycles. The van der Waals surface area contributed by atoms with Crippen molar-refractivity contribution in [2.45, 2.75) is 13.0 Å². The van der Waals surface area contributed by atoms with Crippen molar-refractivity contribution < 1.29 is 29.5 Å². The number of nitro benzene ring substituents is 1. The standard InChI is InChI=1S/C14H12N2O7/c1-7(17)11-12(8-3-2-4-9(5-8)16(22)23)15(6-10(18)19)14(21)13(11)20/h2-5,12,20H,6H2,1H3,(H,18,19). The number of hydrogen-bond acceptors (Lipinski definition) is 6. The molecular formula is C14H12N2O7. The number of ketones is 1. The predicted octanol–water partition coefficient (Wildman–Crippen LogP) is 0.964. The fourth-order valence-corrected chi connectivity index (χ4v) is 2.48. The fraction of sp³-hybridized carbons (Fsp3) is 0.214. The van der Waals surface area contributed by atoms with E-state index in [0.29, 0.717) is 0 Å². The molecular weight excluding hydrogens is 308 g/mol. The van der Waals surface area contributed by atoms with Gasteiger partial charge in [-0.05, 0) is 12.5 Å². The normalized spacial score (nSPS) is 17.5. The van der Waals surface area contributed by atoms with Crippen molar-refractivity contribution in [2.75, 3.05) is 6.54 Å². The lowest BCUT2D eigenvalue weighted by molar-refractivity contribution is -0.384. The van der Waals surface area contributed by atoms with Crippen molar-refractivity contribution in [3.05, 3.63) is 51.3 Å². The van der Waals surface area contributed by atoms with Crippen LogP contribution in [0.4, 0.5) is 5.69 Å². The number of aliphatic carboxylic acids is 1. The summed E-state index contributed by atoms with van der Waals surface area (Å²) in [5, 5.41) is 29.7. The van der Waals surface area contributed by atoms with Crippen LogP contribution in [0.2, 0.25) is 0 Å². The number of aliphatic hydroxyl groups excluding tert-OH is 1. The molecule has 0 radical (unpaired) electrons. The molecule has 1 amide bonds. The number of rotatable bonds is 5. The lowest BCUT2D eigenvalue weighted by Gasteiger charge is -2.24. The summed E-state index contributed by atoms with van der Waals surface area (Å²) in [6, 6.07) is 3.94. The van der Waals surface area contributed by atoms with E-state index in [-0.39, 0.29) is 16.8 Å². The molecule has 2 N–H and O–H groups in total. The molecule has 9 nitrogen and oxygen atoms in total. The Kier molecular flexibility index (Phi) is 4.12. The van der Waals surface area contributed by atoms with E-state index < -0.39 is 40.9 Å². The number of amides is 1. The minimum Gasteiger partial charge on any atom is -0.503 e. The average molecular weight is 320 g/mol. The zero-order valence-electron chi connectivity index (χ0n) is 11.9. The predicted molar refractivity (Wildman–Crippen MR) is 75.5 cm³/mol. The Labute approximate surface area is 129 Å². The lowest BCUT2D eigenvalue weighted by atomic mass is 9.96. The highest BCUT2D eigenvalue weighted by Gasteiger charge is 2.43. The SMILES string of the molecule is CC(=O)C1=C(O)C(=O)N(CC(=O)O)C1c1cccc([N+](=O)[O-])c1. The molecule has 1 heterocycles. The quantitative estimate of drug-likeness (QED) is 0.608. The van der Waals surface area contributed by atoms with Crippen molar-refractivity contribution in [3.8, 4) is 0 Å². The van der Waals surface area contributed by atoms with Crippen LogP contribution < -0.4 is 0 Å². The van der Waals surface area contributed by atoms with Crippen LogP contribution in [0.15, 0.2) is 35.6 Å². The van der Waals surface area contributed by atoms with E-state index in [1.807, 2.05) is 0 Å². The lowest BCUT2D eigenvalue weighted by Crippen LogP contribution is -2.35. The molecule has 0 aliphatic carbocycles. The molecule has 1 atom stereocenters. The van der Waals surface area contributed by atoms with Gasteiger partial charge >= 0.3 is 5.97 Å². The van der Waals surface area contributed by atoms with E-state index in [1.165, 1.54) is 18.2 Å². The van der Waals surface area contributed by atoms with Crippen molar-refractivity contribution >= 4 is 23.3 Å². The van der Waals surface area contributed by atoms with E-state index >= 15 is 0 Å². The first-order valence-corrected chi connectivity index (χ1v) is 6.45. The minimum absolute atomic E-state index is 0.169. The molecule has 0 bridgehead atoms. The summed E-state index contributed by atoms with van der Waals surface area (Å²) in [5.74, 6) is -3.81. The fourth-order valence-electron chi connectivity index (χ4n) is 2.48. The van der Waals surface area contributed by atoms with Crippen LogP contribution in [0.25, 0.3) is 0 Å². The van der Waals surface area contributed by atoms with E-state index in [2.05, 4.69) is 0 Å². The van der Waals surface area contributed by atoms with Gasteiger partial charge < -0.3 is 15.1 Å². The van der Waals surface area contributed by atoms with Crippen LogP contribution in [0.1, 0.15) is 18.5 Å². The second-order valence-electron chi connectivity index (χ2n) is 4.90. The van der Waals surface area contributed by atoms with Gasteiger partial charge in [0.05, 0.1) is 16.5 Å². The van der Waals surface area contributed by atoms with E-state index in [1.54, 1.807) is 0 Å². The highest BCUT2D eigenvalue weighted by atomic mass is 16.6. The first-order valence-electron chi connectivity index (χ1n) is 6.45. The molecule has 1 aromatic carbocycles. The number of carbonyl (C=O) groups excluding carboxylic acids is 2. The third kappa shape index (κ3) is 2.89. The number of non-ortho nitro benzene ring substituents is 1. The number of hydrogen-bond donors (Lipinski definition) is 2. The van der Waals surface area contributed by atoms with Crippen LogP contribution in [-0.2, 0) is 14.4 Å². The first kappa shape index (κ1) is 16.1. The number of carbonyl (C=O) groups is 3. The van der Waals surface area contributed by atoms with Crippen molar-refractivity contribution in [2.24, 2.45) is 0 Å². The Morgan fingerprint density at radius 3 is 2.57 bits per heavy atom. The number of carboxylic acids is 1. The van der Waals surface area contributed by atoms with Gasteiger partial charge in [0.2, 0.25) is 0 Å². The molecule has 1 unspecified atom stereocenters. The second kappa shape index (κ2) is 5.87. The van der Waals surface area contributed by atoms with Gasteiger partial charge in [-0.3, -0.25) is 24.5 Å². The summed E-state index contributed by atoms with van der Waals surface area (Å²) in [5.41, 5.74) is -0.390. The summed E-state index contributed by atoms with van der Waals surface area (Å²) >= 11 is 0. The Bertz CT molecular complexity index is 753. The second-order valence-corrected chi connectivity index (χ2v) is 4.90. The Balaban J connectivity index is 2.59. The largest absolute Gasteiger partial charge is 0.503 e. The summed E-state index contributed by atoms with van der Waals surface area (Å²) in [6.07, 6.45) is 0. The first-order chi connectivity index (χ1) is 10.7. The van der Waals surface area contributed by atoms with Gasteiger partial charge in [0.15, 0.2) is 11.5 Å². The van der Waals surface area contributed by atoms with Gasteiger partial charge in [-0.25, -0.2) is 0 Å². The van der Waals surface area contributed by atoms with Crippen molar-refractivity contribution in [3.63, 3.8) is 0 Å². The highest BCUT2D eigenvalue weighted by molar-refractivity contribution is 6.08. The van der Waals surface area contributed by atoms with E-state index in [4.69, 9.17) is 5.11 Å². The third-order valence-electron chi connectivity index (χ3n) is 3.39. The van der Waals surface area contributed by atoms with Gasteiger partial charge in [0.25, 0.3) is 11.6 Å². The zero-order valence-corrected chi connectivity index (χ0v) is 11.9. The summed E-state index contributed by atoms with van der Waals surface area (Å²) in [4.78, 5) is 45.7. The number of carboxylic acid groups (broad SMARTS) is 1. The van der Waals surface area contributed by atoms with Crippen LogP contribution in [0.5, 0.6) is 0 Å². The van der Waals surface area contributed by atoms with E-state index in [0.717, 1.165) is 17.9 Å². The molecule has 1 aliphatic rings. The molecule has 9 heteroatoms. The van der Waals surface area contributed by atoms with Crippen LogP contribution in [0.3, 0.4) is 0 Å². The van der Waals surface area contributed by atoms with E-state index in [9.17, 15) is 29.6 Å². The highest BCUT2D eigenvalue weighted by Crippen LogP contribution is 2.38. The molecule has 0 spiro atoms. The molecule has 0 aromatic heterocycles. The molecule has 1 aromatic rings. The van der Waals surface area contributed by atoms with Crippen LogP contribution in [0, 0.1) is 10.1 Å². The molecule has 0 saturated carbocycles. The summed E-state index contributed by atoms with van der Waals surface area (Å²) in [6.45, 7) is 0.362. The van der Waals surface area contributed by atoms with Crippen LogP contribution >= 0.6 is 0 Å². The van der Waals surface area contributed by atoms with Crippen molar-refractivity contribution in [1.29, 1.82) is 0 Å². The van der Waals surface area contributed by atoms with Gasteiger partial charge in [0.1, 0.15) is 6.54 Å². The molecule has 23 heavy (non-hydrogen) atoms. The topological polar surface area (TPSA) is 138 Å². The number of Topliss-reactive ketones (excluding diaryl/α,β-unsaturated/α-hetero) is 1. The number of aliphatic hydroxyl groups is 1. The maximum Gasteiger partial charge on any atom is 0.323 e. The summed E-state index contributed by atoms with van der Waals surface area (Å²) < 4.78 is 0. The Morgan fingerprint density at radius 2 is 2.04 bits per heavy atom. The van der Waals surface area contributed by atoms with Crippen molar-refractivity contribution in [1.82, 2.24) is 4.90 Å². The van der Waals surface area contributed by atoms with Crippen LogP contribution in [-0.4, -0.2) is 44.2 Å². The smallest absolute Gasteiger partial charge is 0.323 e. The Morgan fingerprint density at radius 1 is 1.39 bits per heavy atom. The minimum atomic E-state index is -1.34. The van der Waals surface area contributed by atoms with Gasteiger partial charge in [-0.2, -0.15) is 0 Å². The number of benzene rings is 1. The average Bonchev–Trinajstić information content (AvgIpc) is 2.71. The Hall–Kier alpha value is -3.23. The molecule has 120 valence electrons. The third-order valence-corrected chi connectivity index (χ3v) is 3.39. The summed E-state index contributed by atoms with van der Waals surface area (Å²) in [7, 11) is 0. The van der Waals surface area contributed by atoms with Gasteiger partial charge in [0, 0.05) is 12.1 Å². The van der Waals surface area contributed by atoms with Gasteiger partial charge in [-0.1, -0.05) is 12.1 Å². The molecule has 0 fully saturated rings. The molecule has 2 rings (SSSR count). The number of nitro groups is 1. The zero-order chi connectivity index (χ0) is 17.3. The van der Waals surface area contributed by atoms with Gasteiger partial charge in [-0.15, -0.1) is 0 Å². The maximum absolute atomic E-state index is 12.0. The number of nitrogens with zero attached hydrogens (tertiary/aromatic N) is 2. The monoisotopic (exact) mass is 320 g/mol. The maximum atomic E-state index is 12.0.